The van der Waals surface area contributed by atoms with Crippen LogP contribution in [0.5, 0.6) is 11.5 Å². The van der Waals surface area contributed by atoms with Crippen molar-refractivity contribution in [3.05, 3.63) is 118 Å². The lowest BCUT2D eigenvalue weighted by Gasteiger charge is -2.40. The van der Waals surface area contributed by atoms with Crippen molar-refractivity contribution in [2.45, 2.75) is 39.5 Å². The quantitative estimate of drug-likeness (QED) is 0.217. The van der Waals surface area contributed by atoms with Crippen molar-refractivity contribution >= 4 is 23.2 Å². The molecule has 0 spiro atoms. The molecule has 3 aliphatic rings. The predicted octanol–water partition coefficient (Wildman–Crippen LogP) is 5.97. The van der Waals surface area contributed by atoms with Gasteiger partial charge in [-0.1, -0.05) is 24.3 Å². The lowest BCUT2D eigenvalue weighted by molar-refractivity contribution is -0.0164. The molecule has 1 N–H and O–H groups in total. The number of carbonyl (C=O) groups is 2. The van der Waals surface area contributed by atoms with E-state index in [9.17, 15) is 15.2 Å². The molecule has 12 nitrogen and oxygen atoms in total. The average Bonchev–Trinajstić information content (AvgIpc) is 3.67. The second-order valence-corrected chi connectivity index (χ2v) is 14.5. The summed E-state index contributed by atoms with van der Waals surface area (Å²) in [6.07, 6.45) is 0.741. The highest BCUT2D eigenvalue weighted by atomic mass is 16.7. The maximum absolute atomic E-state index is 15.1. The van der Waals surface area contributed by atoms with Crippen LogP contribution in [0.1, 0.15) is 54.5 Å². The molecule has 5 aromatic rings. The van der Waals surface area contributed by atoms with Gasteiger partial charge < -0.3 is 33.4 Å². The van der Waals surface area contributed by atoms with E-state index in [4.69, 9.17) is 14.2 Å². The lowest BCUT2D eigenvalue weighted by atomic mass is 9.91. The van der Waals surface area contributed by atoms with E-state index >= 15 is 4.79 Å². The number of morpholine rings is 1. The third-order valence-corrected chi connectivity index (χ3v) is 11.4. The highest BCUT2D eigenvalue weighted by Gasteiger charge is 2.35. The van der Waals surface area contributed by atoms with Gasteiger partial charge in [-0.15, -0.1) is 0 Å². The number of amides is 2. The SMILES string of the molecule is Cc1c(N(C(=O)c2cc(-c3cc4c(cc3C(=O)N3Cc5ccccc5C[C@H]3CN3CCOCC3)OCOC4)n(C)c2C)c2ccc(O)cc2)cc(C#N)n1C. The molecule has 0 saturated carbocycles. The summed E-state index contributed by atoms with van der Waals surface area (Å²) in [6, 6.07) is 24.2. The Bertz CT molecular complexity index is 2330. The molecule has 8 rings (SSSR count). The van der Waals surface area contributed by atoms with Gasteiger partial charge in [-0.3, -0.25) is 19.4 Å². The van der Waals surface area contributed by atoms with Crippen LogP contribution in [0.15, 0.2) is 72.8 Å². The molecule has 1 atom stereocenters. The summed E-state index contributed by atoms with van der Waals surface area (Å²) in [6.45, 7) is 8.36. The van der Waals surface area contributed by atoms with Gasteiger partial charge in [-0.2, -0.15) is 5.26 Å². The first kappa shape index (κ1) is 36.1. The maximum Gasteiger partial charge on any atom is 0.264 e. The Morgan fingerprint density at radius 1 is 0.891 bits per heavy atom. The molecule has 1 fully saturated rings. The van der Waals surface area contributed by atoms with Crippen molar-refractivity contribution in [1.29, 1.82) is 5.26 Å². The Morgan fingerprint density at radius 2 is 1.64 bits per heavy atom. The van der Waals surface area contributed by atoms with Gasteiger partial charge in [0.05, 0.1) is 36.6 Å². The van der Waals surface area contributed by atoms with Gasteiger partial charge in [0.25, 0.3) is 11.8 Å². The summed E-state index contributed by atoms with van der Waals surface area (Å²) < 4.78 is 20.9. The molecule has 282 valence electrons. The minimum atomic E-state index is -0.320. The fourth-order valence-electron chi connectivity index (χ4n) is 8.02. The molecular formula is C43H44N6O6. The molecule has 3 aromatic carbocycles. The van der Waals surface area contributed by atoms with Crippen LogP contribution in [0.3, 0.4) is 0 Å². The Balaban J connectivity index is 1.23. The van der Waals surface area contributed by atoms with Crippen LogP contribution in [-0.4, -0.2) is 81.5 Å². The number of anilines is 2. The average molecular weight is 741 g/mol. The third-order valence-electron chi connectivity index (χ3n) is 11.4. The topological polar surface area (TPSA) is 125 Å². The van der Waals surface area contributed by atoms with E-state index in [0.29, 0.717) is 77.3 Å². The molecule has 0 unspecified atom stereocenters. The van der Waals surface area contributed by atoms with Gasteiger partial charge in [-0.05, 0) is 79.9 Å². The number of hydrogen-bond acceptors (Lipinski definition) is 8. The van der Waals surface area contributed by atoms with Crippen molar-refractivity contribution in [1.82, 2.24) is 18.9 Å². The normalized spacial score (nSPS) is 16.9. The summed E-state index contributed by atoms with van der Waals surface area (Å²) in [7, 11) is 3.68. The Kier molecular flexibility index (Phi) is 9.69. The first-order chi connectivity index (χ1) is 26.6. The number of phenols is 1. The molecule has 1 saturated heterocycles. The number of aromatic nitrogens is 2. The first-order valence-electron chi connectivity index (χ1n) is 18.5. The van der Waals surface area contributed by atoms with E-state index in [-0.39, 0.29) is 30.4 Å². The highest BCUT2D eigenvalue weighted by molar-refractivity contribution is 6.13. The van der Waals surface area contributed by atoms with Crippen LogP contribution >= 0.6 is 0 Å². The zero-order valence-electron chi connectivity index (χ0n) is 31.5. The summed E-state index contributed by atoms with van der Waals surface area (Å²) >= 11 is 0. The van der Waals surface area contributed by atoms with E-state index in [1.807, 2.05) is 54.6 Å². The molecule has 2 aromatic heterocycles. The standard InChI is InChI=1S/C43H44N6O6/c1-27-36(43(52)49(32-9-11-35(50)12-10-32)39-19-33(22-44)45(3)28(39)2)20-40(46(27)4)37-18-31-25-54-26-55-41(31)21-38(37)42(51)48-23-30-8-6-5-7-29(30)17-34(48)24-47-13-15-53-16-14-47/h5-12,18-21,34,50H,13-17,23-26H2,1-4H3/t34-/m0/s1. The fraction of sp³-hybridized carbons (Fsp3) is 0.326. The second kappa shape index (κ2) is 14.8. The number of carbonyl (C=O) groups excluding carboxylic acids is 2. The Hall–Kier alpha value is -5.87. The molecule has 3 aliphatic heterocycles. The van der Waals surface area contributed by atoms with E-state index in [1.165, 1.54) is 17.7 Å². The van der Waals surface area contributed by atoms with Gasteiger partial charge in [0.15, 0.2) is 6.79 Å². The van der Waals surface area contributed by atoms with E-state index < -0.39 is 0 Å². The van der Waals surface area contributed by atoms with Gasteiger partial charge in [-0.25, -0.2) is 0 Å². The molecule has 55 heavy (non-hydrogen) atoms. The monoisotopic (exact) mass is 740 g/mol. The second-order valence-electron chi connectivity index (χ2n) is 14.5. The van der Waals surface area contributed by atoms with E-state index in [1.54, 1.807) is 34.7 Å². The minimum absolute atomic E-state index is 0.0628. The third kappa shape index (κ3) is 6.65. The van der Waals surface area contributed by atoms with Crippen LogP contribution in [0.2, 0.25) is 0 Å². The number of benzene rings is 3. The number of aromatic hydroxyl groups is 1. The molecule has 0 bridgehead atoms. The highest BCUT2D eigenvalue weighted by Crippen LogP contribution is 2.39. The first-order valence-corrected chi connectivity index (χ1v) is 18.5. The van der Waals surface area contributed by atoms with Crippen LogP contribution in [0.25, 0.3) is 11.3 Å². The summed E-state index contributed by atoms with van der Waals surface area (Å²) in [5.41, 5.74) is 8.37. The Labute approximate surface area is 320 Å². The van der Waals surface area contributed by atoms with Gasteiger partial charge in [0, 0.05) is 80.2 Å². The van der Waals surface area contributed by atoms with Crippen molar-refractivity contribution in [3.63, 3.8) is 0 Å². The number of nitrogens with zero attached hydrogens (tertiary/aromatic N) is 6. The van der Waals surface area contributed by atoms with E-state index in [2.05, 4.69) is 29.2 Å². The Morgan fingerprint density at radius 3 is 2.36 bits per heavy atom. The zero-order valence-corrected chi connectivity index (χ0v) is 31.5. The van der Waals surface area contributed by atoms with Crippen molar-refractivity contribution < 1.29 is 28.9 Å². The largest absolute Gasteiger partial charge is 0.508 e. The van der Waals surface area contributed by atoms with Crippen LogP contribution < -0.4 is 9.64 Å². The van der Waals surface area contributed by atoms with E-state index in [0.717, 1.165) is 42.9 Å². The number of hydrogen-bond donors (Lipinski definition) is 1. The number of rotatable bonds is 7. The van der Waals surface area contributed by atoms with Crippen LogP contribution in [-0.2, 0) is 43.1 Å². The molecule has 0 radical (unpaired) electrons. The van der Waals surface area contributed by atoms with Gasteiger partial charge in [0.1, 0.15) is 23.3 Å². The van der Waals surface area contributed by atoms with Crippen molar-refractivity contribution in [2.75, 3.05) is 44.5 Å². The summed E-state index contributed by atoms with van der Waals surface area (Å²) in [4.78, 5) is 36.0. The minimum Gasteiger partial charge on any atom is -0.508 e. The molecular weight excluding hydrogens is 697 g/mol. The number of nitriles is 1. The molecule has 2 amide bonds. The van der Waals surface area contributed by atoms with Crippen LogP contribution in [0, 0.1) is 25.2 Å². The number of phenolic OH excluding ortho intramolecular Hbond substituents is 1. The smallest absolute Gasteiger partial charge is 0.264 e. The zero-order chi connectivity index (χ0) is 38.4. The lowest BCUT2D eigenvalue weighted by Crippen LogP contribution is -2.52. The fourth-order valence-corrected chi connectivity index (χ4v) is 8.02. The predicted molar refractivity (Wildman–Crippen MR) is 206 cm³/mol. The summed E-state index contributed by atoms with van der Waals surface area (Å²) in [5.74, 6) is 0.244. The molecule has 12 heteroatoms. The van der Waals surface area contributed by atoms with Crippen LogP contribution in [0.4, 0.5) is 11.4 Å². The van der Waals surface area contributed by atoms with Gasteiger partial charge >= 0.3 is 0 Å². The molecule has 0 aliphatic carbocycles. The van der Waals surface area contributed by atoms with Crippen molar-refractivity contribution in [2.24, 2.45) is 14.1 Å². The summed E-state index contributed by atoms with van der Waals surface area (Å²) in [5, 5.41) is 19.9. The number of fused-ring (bicyclic) bond motifs is 2. The maximum atomic E-state index is 15.1. The number of ether oxygens (including phenoxy) is 3. The van der Waals surface area contributed by atoms with Crippen molar-refractivity contribution in [3.8, 4) is 28.8 Å². The molecule has 5 heterocycles. The van der Waals surface area contributed by atoms with Gasteiger partial charge in [0.2, 0.25) is 0 Å².